The summed E-state index contributed by atoms with van der Waals surface area (Å²) in [6.45, 7) is 0.977. The van der Waals surface area contributed by atoms with Crippen LogP contribution >= 0.6 is 0 Å². The predicted octanol–water partition coefficient (Wildman–Crippen LogP) is 3.36. The average Bonchev–Trinajstić information content (AvgIpc) is 2.56. The molecule has 22 heavy (non-hydrogen) atoms. The Morgan fingerprint density at radius 3 is 2.18 bits per heavy atom. The topological polar surface area (TPSA) is 49.3 Å². The molecule has 0 aliphatic rings. The van der Waals surface area contributed by atoms with Crippen molar-refractivity contribution in [3.05, 3.63) is 65.7 Å². The fourth-order valence-electron chi connectivity index (χ4n) is 1.97. The first kappa shape index (κ1) is 17.9. The highest BCUT2D eigenvalue weighted by Gasteiger charge is 1.91. The van der Waals surface area contributed by atoms with Crippen LogP contribution in [0.15, 0.2) is 54.6 Å². The molecule has 0 aliphatic carbocycles. The number of rotatable bonds is 7. The normalized spacial score (nSPS) is 9.68. The smallest absolute Gasteiger partial charge is 0.120 e. The third-order valence-electron chi connectivity index (χ3n) is 3.23. The van der Waals surface area contributed by atoms with E-state index in [1.165, 1.54) is 11.1 Å². The molecule has 0 bridgehead atoms. The van der Waals surface area contributed by atoms with Crippen LogP contribution in [0.3, 0.4) is 0 Å². The number of hydrogen-bond acceptors (Lipinski definition) is 3. The molecule has 0 unspecified atom stereocenters. The Morgan fingerprint density at radius 1 is 0.955 bits per heavy atom. The van der Waals surface area contributed by atoms with Crippen LogP contribution in [-0.2, 0) is 17.6 Å². The molecule has 0 fully saturated rings. The Hall–Kier alpha value is -2.13. The van der Waals surface area contributed by atoms with E-state index in [4.69, 9.17) is 5.11 Å². The van der Waals surface area contributed by atoms with Crippen LogP contribution in [-0.4, -0.2) is 25.0 Å². The van der Waals surface area contributed by atoms with E-state index in [2.05, 4.69) is 17.4 Å². The van der Waals surface area contributed by atoms with E-state index < -0.39 is 0 Å². The molecule has 0 radical (unpaired) electrons. The summed E-state index contributed by atoms with van der Waals surface area (Å²) >= 11 is 0. The van der Waals surface area contributed by atoms with E-state index in [9.17, 15) is 4.79 Å². The van der Waals surface area contributed by atoms with E-state index in [0.29, 0.717) is 12.2 Å². The van der Waals surface area contributed by atoms with Crippen molar-refractivity contribution in [2.24, 2.45) is 0 Å². The fraction of sp³-hybridized carbons (Fsp3) is 0.316. The van der Waals surface area contributed by atoms with Gasteiger partial charge in [0.2, 0.25) is 0 Å². The zero-order chi connectivity index (χ0) is 16.0. The van der Waals surface area contributed by atoms with Crippen LogP contribution in [0.25, 0.3) is 0 Å². The van der Waals surface area contributed by atoms with Crippen molar-refractivity contribution in [1.82, 2.24) is 5.32 Å². The van der Waals surface area contributed by atoms with Gasteiger partial charge in [-0.1, -0.05) is 42.5 Å². The van der Waals surface area contributed by atoms with Gasteiger partial charge in [-0.3, -0.25) is 0 Å². The lowest BCUT2D eigenvalue weighted by Crippen LogP contribution is -2.09. The number of benzene rings is 2. The fourth-order valence-corrected chi connectivity index (χ4v) is 1.97. The van der Waals surface area contributed by atoms with Gasteiger partial charge in [-0.15, -0.1) is 0 Å². The molecule has 0 saturated carbocycles. The molecule has 0 spiro atoms. The molecule has 3 heteroatoms. The van der Waals surface area contributed by atoms with Crippen LogP contribution in [0.4, 0.5) is 0 Å². The number of aromatic hydroxyl groups is 1. The third-order valence-corrected chi connectivity index (χ3v) is 3.23. The number of hydrogen-bond donors (Lipinski definition) is 2. The van der Waals surface area contributed by atoms with Gasteiger partial charge in [0.25, 0.3) is 0 Å². The number of aryl methyl sites for hydroxylation is 1. The van der Waals surface area contributed by atoms with Gasteiger partial charge in [0, 0.05) is 6.42 Å². The highest BCUT2D eigenvalue weighted by molar-refractivity contribution is 5.49. The number of likely N-dealkylation sites (N-methyl/N-ethyl adjacent to an activating group) is 1. The second-order valence-electron chi connectivity index (χ2n) is 5.06. The zero-order valence-corrected chi connectivity index (χ0v) is 13.2. The largest absolute Gasteiger partial charge is 0.508 e. The Bertz CT molecular complexity index is 509. The summed E-state index contributed by atoms with van der Waals surface area (Å²) in [6, 6.07) is 17.5. The highest BCUT2D eigenvalue weighted by atomic mass is 16.3. The summed E-state index contributed by atoms with van der Waals surface area (Å²) in [4.78, 5) is 10.00. The van der Waals surface area contributed by atoms with Gasteiger partial charge >= 0.3 is 0 Å². The van der Waals surface area contributed by atoms with Crippen LogP contribution in [0.5, 0.6) is 5.75 Å². The minimum Gasteiger partial charge on any atom is -0.508 e. The molecular formula is C19H25NO2. The molecule has 118 valence electrons. The Kier molecular flexibility index (Phi) is 9.38. The van der Waals surface area contributed by atoms with Gasteiger partial charge in [-0.05, 0) is 56.1 Å². The molecule has 0 aliphatic heterocycles. The van der Waals surface area contributed by atoms with Crippen molar-refractivity contribution >= 4 is 6.29 Å². The van der Waals surface area contributed by atoms with Gasteiger partial charge in [0.1, 0.15) is 12.0 Å². The van der Waals surface area contributed by atoms with Gasteiger partial charge in [0.05, 0.1) is 0 Å². The predicted molar refractivity (Wildman–Crippen MR) is 91.2 cm³/mol. The van der Waals surface area contributed by atoms with E-state index in [1.54, 1.807) is 12.1 Å². The summed E-state index contributed by atoms with van der Waals surface area (Å²) in [5, 5.41) is 12.0. The number of aldehydes is 1. The molecule has 0 atom stereocenters. The van der Waals surface area contributed by atoms with Gasteiger partial charge in [-0.2, -0.15) is 0 Å². The van der Waals surface area contributed by atoms with Crippen molar-refractivity contribution in [3.63, 3.8) is 0 Å². The van der Waals surface area contributed by atoms with Crippen LogP contribution in [0.1, 0.15) is 24.0 Å². The van der Waals surface area contributed by atoms with E-state index >= 15 is 0 Å². The maximum atomic E-state index is 10.00. The van der Waals surface area contributed by atoms with Crippen molar-refractivity contribution in [2.75, 3.05) is 13.6 Å². The van der Waals surface area contributed by atoms with Crippen LogP contribution in [0.2, 0.25) is 0 Å². The van der Waals surface area contributed by atoms with Crippen molar-refractivity contribution in [1.29, 1.82) is 0 Å². The van der Waals surface area contributed by atoms with Crippen molar-refractivity contribution in [3.8, 4) is 5.75 Å². The maximum Gasteiger partial charge on any atom is 0.120 e. The summed E-state index contributed by atoms with van der Waals surface area (Å²) in [5.41, 5.74) is 2.56. The molecular weight excluding hydrogens is 274 g/mol. The number of phenols is 1. The Balaban J connectivity index is 0.000000220. The van der Waals surface area contributed by atoms with Crippen LogP contribution < -0.4 is 5.32 Å². The number of nitrogens with one attached hydrogen (secondary N) is 1. The van der Waals surface area contributed by atoms with Gasteiger partial charge in [-0.25, -0.2) is 0 Å². The summed E-state index contributed by atoms with van der Waals surface area (Å²) in [6.07, 6.45) is 4.64. The van der Waals surface area contributed by atoms with Crippen molar-refractivity contribution < 1.29 is 9.90 Å². The molecule has 2 rings (SSSR count). The maximum absolute atomic E-state index is 10.00. The van der Waals surface area contributed by atoms with Crippen molar-refractivity contribution in [2.45, 2.75) is 25.7 Å². The molecule has 0 amide bonds. The molecule has 2 aromatic rings. The lowest BCUT2D eigenvalue weighted by Gasteiger charge is -1.99. The number of carbonyl (C=O) groups excluding carboxylic acids is 1. The zero-order valence-electron chi connectivity index (χ0n) is 13.2. The third kappa shape index (κ3) is 8.22. The second-order valence-corrected chi connectivity index (χ2v) is 5.06. The molecule has 2 N–H and O–H groups in total. The summed E-state index contributed by atoms with van der Waals surface area (Å²) < 4.78 is 0. The minimum atomic E-state index is 0.332. The quantitative estimate of drug-likeness (QED) is 0.609. The molecule has 2 aromatic carbocycles. The first-order valence-corrected chi connectivity index (χ1v) is 7.66. The second kappa shape index (κ2) is 11.5. The Labute approximate surface area is 133 Å². The minimum absolute atomic E-state index is 0.332. The van der Waals surface area contributed by atoms with Crippen LogP contribution in [0, 0.1) is 0 Å². The highest BCUT2D eigenvalue weighted by Crippen LogP contribution is 2.09. The number of unbranched alkanes of at least 4 members (excludes halogenated alkanes) is 1. The van der Waals surface area contributed by atoms with E-state index in [-0.39, 0.29) is 0 Å². The molecule has 0 saturated heterocycles. The van der Waals surface area contributed by atoms with E-state index in [1.807, 2.05) is 37.4 Å². The summed E-state index contributed by atoms with van der Waals surface area (Å²) in [7, 11) is 1.93. The monoisotopic (exact) mass is 299 g/mol. The van der Waals surface area contributed by atoms with Gasteiger partial charge < -0.3 is 15.2 Å². The Morgan fingerprint density at radius 2 is 1.59 bits per heavy atom. The standard InChI is InChI=1S/C10H12O.C9H13NO/c11-9-5-4-8-10-6-2-1-3-7-10;1-10-7-6-8-2-4-9(11)5-3-8/h1-3,6-7,9H,4-5,8H2;2-5,10-11H,6-7H2,1H3. The molecule has 0 heterocycles. The SMILES string of the molecule is CNCCc1ccc(O)cc1.O=CCCCc1ccccc1. The lowest BCUT2D eigenvalue weighted by atomic mass is 10.1. The molecule has 0 aromatic heterocycles. The van der Waals surface area contributed by atoms with E-state index in [0.717, 1.165) is 32.1 Å². The first-order chi connectivity index (χ1) is 10.8. The summed E-state index contributed by atoms with van der Waals surface area (Å²) in [5.74, 6) is 0.332. The lowest BCUT2D eigenvalue weighted by molar-refractivity contribution is -0.107. The molecule has 3 nitrogen and oxygen atoms in total. The number of carbonyl (C=O) groups is 1. The first-order valence-electron chi connectivity index (χ1n) is 7.66. The van der Waals surface area contributed by atoms with Gasteiger partial charge in [0.15, 0.2) is 0 Å². The number of phenolic OH excluding ortho intramolecular Hbond substituents is 1. The average molecular weight is 299 g/mol.